The number of imidazole rings is 1. The van der Waals surface area contributed by atoms with Crippen LogP contribution in [0.25, 0.3) is 11.4 Å². The molecule has 2 aromatic carbocycles. The first kappa shape index (κ1) is 18.2. The second-order valence-corrected chi connectivity index (χ2v) is 8.49. The summed E-state index contributed by atoms with van der Waals surface area (Å²) in [6, 6.07) is 13.7. The molecule has 0 fully saturated rings. The molecule has 1 aliphatic carbocycles. The van der Waals surface area contributed by atoms with Crippen LogP contribution < -0.4 is 0 Å². The highest BCUT2D eigenvalue weighted by atomic mass is 35.5. The van der Waals surface area contributed by atoms with Crippen LogP contribution in [0.1, 0.15) is 28.6 Å². The minimum Gasteiger partial charge on any atom is -0.387 e. The van der Waals surface area contributed by atoms with Crippen molar-refractivity contribution in [3.8, 4) is 11.4 Å². The molecule has 0 saturated heterocycles. The summed E-state index contributed by atoms with van der Waals surface area (Å²) in [5.74, 6) is 0.902. The Balaban J connectivity index is 1.44. The van der Waals surface area contributed by atoms with Gasteiger partial charge in [-0.15, -0.1) is 0 Å². The lowest BCUT2D eigenvalue weighted by Crippen LogP contribution is -2.42. The standard InChI is InChI=1S/C22H21Cl2N3O/c1-26-20-12-27(19-10-13-6-7-14(23)11-16(13)21(19)28)9-8-18(20)25-22(26)15-4-2-3-5-17(15)24/h2-7,11,19,21,28H,8-10,12H2,1H3. The SMILES string of the molecule is Cn1c(-c2ccccc2Cl)nc2c1CN(C1Cc3ccc(Cl)cc3C1O)CC2. The smallest absolute Gasteiger partial charge is 0.141 e. The van der Waals surface area contributed by atoms with Gasteiger partial charge in [-0.25, -0.2) is 4.98 Å². The maximum atomic E-state index is 10.9. The Bertz CT molecular complexity index is 1060. The van der Waals surface area contributed by atoms with E-state index in [9.17, 15) is 5.11 Å². The topological polar surface area (TPSA) is 41.3 Å². The first-order valence-corrected chi connectivity index (χ1v) is 10.3. The predicted molar refractivity (Wildman–Crippen MR) is 112 cm³/mol. The predicted octanol–water partition coefficient (Wildman–Crippen LogP) is 4.41. The van der Waals surface area contributed by atoms with Crippen LogP contribution in [-0.4, -0.2) is 32.1 Å². The molecule has 0 bridgehead atoms. The molecule has 1 aliphatic heterocycles. The zero-order chi connectivity index (χ0) is 19.4. The summed E-state index contributed by atoms with van der Waals surface area (Å²) in [6.45, 7) is 1.65. The molecule has 28 heavy (non-hydrogen) atoms. The number of fused-ring (bicyclic) bond motifs is 2. The van der Waals surface area contributed by atoms with E-state index in [4.69, 9.17) is 28.2 Å². The molecule has 0 spiro atoms. The summed E-state index contributed by atoms with van der Waals surface area (Å²) in [7, 11) is 2.05. The first-order chi connectivity index (χ1) is 13.5. The number of benzene rings is 2. The van der Waals surface area contributed by atoms with Crippen LogP contribution in [0, 0.1) is 0 Å². The lowest BCUT2D eigenvalue weighted by Gasteiger charge is -2.34. The Morgan fingerprint density at radius 1 is 1.14 bits per heavy atom. The fraction of sp³-hybridized carbons (Fsp3) is 0.318. The fourth-order valence-electron chi connectivity index (χ4n) is 4.57. The number of aromatic nitrogens is 2. The molecule has 6 heteroatoms. The number of halogens is 2. The van der Waals surface area contributed by atoms with Gasteiger partial charge in [-0.1, -0.05) is 41.4 Å². The van der Waals surface area contributed by atoms with Gasteiger partial charge in [0.2, 0.25) is 0 Å². The van der Waals surface area contributed by atoms with Gasteiger partial charge in [-0.05, 0) is 41.8 Å². The van der Waals surface area contributed by atoms with Gasteiger partial charge in [0.05, 0.1) is 22.5 Å². The van der Waals surface area contributed by atoms with Crippen LogP contribution in [0.5, 0.6) is 0 Å². The molecule has 0 amide bonds. The van der Waals surface area contributed by atoms with Crippen LogP contribution in [0.3, 0.4) is 0 Å². The molecule has 0 saturated carbocycles. The zero-order valence-electron chi connectivity index (χ0n) is 15.6. The molecular weight excluding hydrogens is 393 g/mol. The molecule has 3 aromatic rings. The van der Waals surface area contributed by atoms with Crippen molar-refractivity contribution in [1.29, 1.82) is 0 Å². The molecule has 2 atom stereocenters. The number of hydrogen-bond donors (Lipinski definition) is 1. The van der Waals surface area contributed by atoms with Gasteiger partial charge in [0.25, 0.3) is 0 Å². The van der Waals surface area contributed by atoms with Crippen LogP contribution in [0.2, 0.25) is 10.0 Å². The molecule has 2 unspecified atom stereocenters. The number of rotatable bonds is 2. The molecule has 0 radical (unpaired) electrons. The van der Waals surface area contributed by atoms with E-state index in [2.05, 4.69) is 9.47 Å². The van der Waals surface area contributed by atoms with Gasteiger partial charge < -0.3 is 9.67 Å². The van der Waals surface area contributed by atoms with Crippen molar-refractivity contribution in [3.63, 3.8) is 0 Å². The van der Waals surface area contributed by atoms with Gasteiger partial charge in [0.1, 0.15) is 5.82 Å². The lowest BCUT2D eigenvalue weighted by molar-refractivity contribution is 0.0510. The van der Waals surface area contributed by atoms with Gasteiger partial charge in [-0.3, -0.25) is 4.90 Å². The van der Waals surface area contributed by atoms with Gasteiger partial charge >= 0.3 is 0 Å². The second-order valence-electron chi connectivity index (χ2n) is 7.65. The maximum Gasteiger partial charge on any atom is 0.141 e. The summed E-state index contributed by atoms with van der Waals surface area (Å²) < 4.78 is 2.15. The normalized spacial score (nSPS) is 21.6. The van der Waals surface area contributed by atoms with E-state index in [0.29, 0.717) is 10.0 Å². The highest BCUT2D eigenvalue weighted by Crippen LogP contribution is 2.38. The molecule has 5 rings (SSSR count). The second kappa shape index (κ2) is 6.89. The number of aliphatic hydroxyl groups excluding tert-OH is 1. The van der Waals surface area contributed by atoms with E-state index in [1.165, 1.54) is 11.3 Å². The Kier molecular flexibility index (Phi) is 4.48. The summed E-state index contributed by atoms with van der Waals surface area (Å²) in [5.41, 5.74) is 5.43. The van der Waals surface area contributed by atoms with E-state index >= 15 is 0 Å². The molecule has 2 heterocycles. The van der Waals surface area contributed by atoms with E-state index in [0.717, 1.165) is 48.6 Å². The van der Waals surface area contributed by atoms with Crippen molar-refractivity contribution in [2.45, 2.75) is 31.5 Å². The van der Waals surface area contributed by atoms with Crippen LogP contribution in [0.15, 0.2) is 42.5 Å². The molecule has 1 aromatic heterocycles. The molecule has 2 aliphatic rings. The number of hydrogen-bond acceptors (Lipinski definition) is 3. The van der Waals surface area contributed by atoms with Crippen molar-refractivity contribution in [2.24, 2.45) is 7.05 Å². The van der Waals surface area contributed by atoms with E-state index in [1.807, 2.05) is 49.5 Å². The van der Waals surface area contributed by atoms with Crippen molar-refractivity contribution in [1.82, 2.24) is 14.5 Å². The lowest BCUT2D eigenvalue weighted by atomic mass is 10.1. The Morgan fingerprint density at radius 2 is 1.96 bits per heavy atom. The minimum atomic E-state index is -0.508. The highest BCUT2D eigenvalue weighted by Gasteiger charge is 2.37. The maximum absolute atomic E-state index is 10.9. The largest absolute Gasteiger partial charge is 0.387 e. The molecule has 1 N–H and O–H groups in total. The van der Waals surface area contributed by atoms with Gasteiger partial charge in [0, 0.05) is 43.2 Å². The Morgan fingerprint density at radius 3 is 2.79 bits per heavy atom. The summed E-state index contributed by atoms with van der Waals surface area (Å²) in [4.78, 5) is 7.26. The Hall–Kier alpha value is -1.85. The third kappa shape index (κ3) is 2.87. The summed E-state index contributed by atoms with van der Waals surface area (Å²) >= 11 is 12.5. The van der Waals surface area contributed by atoms with E-state index in [1.54, 1.807) is 0 Å². The first-order valence-electron chi connectivity index (χ1n) is 9.52. The molecule has 144 valence electrons. The highest BCUT2D eigenvalue weighted by molar-refractivity contribution is 6.33. The van der Waals surface area contributed by atoms with Crippen molar-refractivity contribution in [2.75, 3.05) is 6.54 Å². The van der Waals surface area contributed by atoms with Gasteiger partial charge in [-0.2, -0.15) is 0 Å². The third-order valence-electron chi connectivity index (χ3n) is 6.09. The average molecular weight is 414 g/mol. The van der Waals surface area contributed by atoms with Crippen LogP contribution in [-0.2, 0) is 26.4 Å². The van der Waals surface area contributed by atoms with Crippen LogP contribution >= 0.6 is 23.2 Å². The quantitative estimate of drug-likeness (QED) is 0.676. The minimum absolute atomic E-state index is 0.0697. The monoisotopic (exact) mass is 413 g/mol. The van der Waals surface area contributed by atoms with E-state index in [-0.39, 0.29) is 6.04 Å². The Labute approximate surface area is 174 Å². The average Bonchev–Trinajstić information content (AvgIpc) is 3.19. The molecular formula is C22H21Cl2N3O. The van der Waals surface area contributed by atoms with E-state index < -0.39 is 6.10 Å². The summed E-state index contributed by atoms with van der Waals surface area (Å²) in [6.07, 6.45) is 1.21. The molecule has 4 nitrogen and oxygen atoms in total. The van der Waals surface area contributed by atoms with Crippen LogP contribution in [0.4, 0.5) is 0 Å². The van der Waals surface area contributed by atoms with Crippen molar-refractivity contribution >= 4 is 23.2 Å². The van der Waals surface area contributed by atoms with Crippen molar-refractivity contribution < 1.29 is 5.11 Å². The summed E-state index contributed by atoms with van der Waals surface area (Å²) in [5, 5.41) is 12.3. The fourth-order valence-corrected chi connectivity index (χ4v) is 4.97. The number of aliphatic hydroxyl groups is 1. The number of nitrogens with zero attached hydrogens (tertiary/aromatic N) is 3. The third-order valence-corrected chi connectivity index (χ3v) is 6.65. The van der Waals surface area contributed by atoms with Crippen molar-refractivity contribution in [3.05, 3.63) is 75.0 Å². The van der Waals surface area contributed by atoms with Gasteiger partial charge in [0.15, 0.2) is 0 Å². The zero-order valence-corrected chi connectivity index (χ0v) is 17.1.